The zero-order valence-electron chi connectivity index (χ0n) is 7.26. The van der Waals surface area contributed by atoms with E-state index in [2.05, 4.69) is 5.32 Å². The van der Waals surface area contributed by atoms with E-state index in [0.717, 1.165) is 19.4 Å². The van der Waals surface area contributed by atoms with Crippen LogP contribution in [0.15, 0.2) is 0 Å². The molecule has 0 aliphatic carbocycles. The Bertz CT molecular complexity index is 109. The quantitative estimate of drug-likeness (QED) is 0.492. The Morgan fingerprint density at radius 3 is 2.67 bits per heavy atom. The fourth-order valence-corrected chi connectivity index (χ4v) is 0.895. The maximum absolute atomic E-state index is 10.1. The minimum atomic E-state index is -0.720. The summed E-state index contributed by atoms with van der Waals surface area (Å²) >= 11 is 0. The van der Waals surface area contributed by atoms with Gasteiger partial charge in [0, 0.05) is 0 Å². The van der Waals surface area contributed by atoms with E-state index in [1.54, 1.807) is 0 Å². The number of nitrogens with one attached hydrogen (secondary N) is 1. The second kappa shape index (κ2) is 4.08. The van der Waals surface area contributed by atoms with Gasteiger partial charge in [-0.15, -0.1) is 0 Å². The average Bonchev–Trinajstić information content (AvgIpc) is 2.12. The van der Waals surface area contributed by atoms with Crippen LogP contribution in [0.4, 0.5) is 0 Å². The molecule has 4 heteroatoms. The molecule has 0 aromatic rings. The van der Waals surface area contributed by atoms with Gasteiger partial charge >= 0.3 is 29.0 Å². The van der Waals surface area contributed by atoms with Gasteiger partial charge in [0.05, 0.1) is 0 Å². The average molecular weight is 141 g/mol. The fraction of sp³-hybridized carbons (Fsp3) is 0.800. The van der Waals surface area contributed by atoms with Crippen molar-refractivity contribution in [2.24, 2.45) is 0 Å². The Labute approximate surface area is 72.9 Å². The van der Waals surface area contributed by atoms with Crippen molar-refractivity contribution in [1.29, 1.82) is 0 Å². The van der Waals surface area contributed by atoms with Gasteiger partial charge in [0.1, 0.15) is 6.04 Å². The molecule has 0 aromatic heterocycles. The van der Waals surface area contributed by atoms with Gasteiger partial charge in [-0.2, -0.15) is 0 Å². The molecule has 0 unspecified atom stereocenters. The third-order valence-corrected chi connectivity index (χ3v) is 1.36. The topological polar surface area (TPSA) is 49.3 Å². The Hall–Kier alpha value is 0.196. The van der Waals surface area contributed by atoms with E-state index < -0.39 is 5.97 Å². The van der Waals surface area contributed by atoms with Gasteiger partial charge in [-0.3, -0.25) is 4.79 Å². The van der Waals surface area contributed by atoms with E-state index in [-0.39, 0.29) is 31.9 Å². The summed E-state index contributed by atoms with van der Waals surface area (Å²) in [5.41, 5.74) is 0. The zero-order chi connectivity index (χ0) is 5.98. The Balaban J connectivity index is -0.000000213. The molecule has 1 saturated heterocycles. The van der Waals surface area contributed by atoms with E-state index in [0.29, 0.717) is 0 Å². The summed E-state index contributed by atoms with van der Waals surface area (Å²) in [5.74, 6) is -0.720. The van der Waals surface area contributed by atoms with E-state index in [9.17, 15) is 4.79 Å². The monoisotopic (exact) mass is 141 g/mol. The maximum Gasteiger partial charge on any atom is 2.00 e. The fourth-order valence-electron chi connectivity index (χ4n) is 0.895. The van der Waals surface area contributed by atoms with E-state index in [1.165, 1.54) is 0 Å². The molecule has 1 atom stereocenters. The van der Waals surface area contributed by atoms with Crippen LogP contribution in [0.2, 0.25) is 0 Å². The normalized spacial score (nSPS) is 25.1. The summed E-state index contributed by atoms with van der Waals surface area (Å²) in [7, 11) is 0. The van der Waals surface area contributed by atoms with E-state index >= 15 is 0 Å². The molecule has 2 N–H and O–H groups in total. The maximum atomic E-state index is 10.1. The van der Waals surface area contributed by atoms with Gasteiger partial charge < -0.3 is 13.3 Å². The zero-order valence-corrected chi connectivity index (χ0v) is 6.68. The number of carboxylic acids is 1. The van der Waals surface area contributed by atoms with Crippen LogP contribution in [0, 0.1) is 0 Å². The Morgan fingerprint density at radius 2 is 2.44 bits per heavy atom. The second-order valence-electron chi connectivity index (χ2n) is 1.99. The van der Waals surface area contributed by atoms with Crippen LogP contribution in [-0.2, 0) is 4.79 Å². The van der Waals surface area contributed by atoms with Crippen LogP contribution in [0.1, 0.15) is 15.7 Å². The second-order valence-corrected chi connectivity index (χ2v) is 1.99. The van der Waals surface area contributed by atoms with Crippen molar-refractivity contribution in [3.8, 4) is 0 Å². The van der Waals surface area contributed by atoms with Crippen molar-refractivity contribution in [2.45, 2.75) is 18.9 Å². The predicted molar refractivity (Wildman–Crippen MR) is 36.6 cm³/mol. The van der Waals surface area contributed by atoms with Crippen molar-refractivity contribution in [3.05, 3.63) is 0 Å². The molecule has 0 amide bonds. The first-order valence-corrected chi connectivity index (χ1v) is 2.77. The molecule has 1 aliphatic heterocycles. The van der Waals surface area contributed by atoms with Gasteiger partial charge in [0.2, 0.25) is 0 Å². The molecular formula is C5H11MgNO2. The SMILES string of the molecule is O=C(O)[C@@H]1CCCN1.[H-].[H-].[Mg+2]. The molecule has 1 aliphatic rings. The largest absolute Gasteiger partial charge is 2.00 e. The third-order valence-electron chi connectivity index (χ3n) is 1.36. The molecule has 1 heterocycles. The van der Waals surface area contributed by atoms with Crippen molar-refractivity contribution >= 4 is 29.0 Å². The number of hydrogen-bond donors (Lipinski definition) is 2. The van der Waals surface area contributed by atoms with Crippen molar-refractivity contribution in [2.75, 3.05) is 6.54 Å². The molecule has 50 valence electrons. The minimum absolute atomic E-state index is 0. The summed E-state index contributed by atoms with van der Waals surface area (Å²) in [6, 6.07) is -0.269. The first-order chi connectivity index (χ1) is 3.80. The minimum Gasteiger partial charge on any atom is -1.00 e. The van der Waals surface area contributed by atoms with Crippen LogP contribution >= 0.6 is 0 Å². The molecule has 0 saturated carbocycles. The standard InChI is InChI=1S/C5H9NO2.Mg.2H/c7-5(8)4-2-1-3-6-4;;;/h4,6H,1-3H2,(H,7,8);;;/q;+2;2*-1/t4-;;;/m0.../s1. The van der Waals surface area contributed by atoms with Crippen LogP contribution in [0.3, 0.4) is 0 Å². The molecule has 0 bridgehead atoms. The van der Waals surface area contributed by atoms with Crippen LogP contribution in [0.5, 0.6) is 0 Å². The first kappa shape index (κ1) is 9.20. The Morgan fingerprint density at radius 1 is 1.78 bits per heavy atom. The third kappa shape index (κ3) is 2.51. The molecule has 0 spiro atoms. The molecule has 9 heavy (non-hydrogen) atoms. The smallest absolute Gasteiger partial charge is 1.00 e. The van der Waals surface area contributed by atoms with Gasteiger partial charge in [-0.1, -0.05) is 0 Å². The van der Waals surface area contributed by atoms with Crippen LogP contribution in [-0.4, -0.2) is 46.7 Å². The molecule has 0 aromatic carbocycles. The predicted octanol–water partition coefficient (Wildman–Crippen LogP) is -0.333. The van der Waals surface area contributed by atoms with Crippen molar-refractivity contribution in [3.63, 3.8) is 0 Å². The first-order valence-electron chi connectivity index (χ1n) is 2.77. The summed E-state index contributed by atoms with van der Waals surface area (Å²) in [6.45, 7) is 0.858. The number of rotatable bonds is 1. The van der Waals surface area contributed by atoms with Crippen molar-refractivity contribution < 1.29 is 12.8 Å². The number of hydrogen-bond acceptors (Lipinski definition) is 2. The van der Waals surface area contributed by atoms with Gasteiger partial charge in [0.15, 0.2) is 0 Å². The van der Waals surface area contributed by atoms with Crippen molar-refractivity contribution in [1.82, 2.24) is 5.32 Å². The molecular weight excluding hydrogens is 130 g/mol. The molecule has 1 fully saturated rings. The van der Waals surface area contributed by atoms with Gasteiger partial charge in [-0.05, 0) is 19.4 Å². The van der Waals surface area contributed by atoms with E-state index in [4.69, 9.17) is 5.11 Å². The number of aliphatic carboxylic acids is 1. The molecule has 3 nitrogen and oxygen atoms in total. The van der Waals surface area contributed by atoms with Gasteiger partial charge in [-0.25, -0.2) is 0 Å². The summed E-state index contributed by atoms with van der Waals surface area (Å²) in [6.07, 6.45) is 1.78. The van der Waals surface area contributed by atoms with E-state index in [1.807, 2.05) is 0 Å². The summed E-state index contributed by atoms with van der Waals surface area (Å²) < 4.78 is 0. The summed E-state index contributed by atoms with van der Waals surface area (Å²) in [5, 5.41) is 11.2. The van der Waals surface area contributed by atoms with Gasteiger partial charge in [0.25, 0.3) is 0 Å². The molecule has 0 radical (unpaired) electrons. The number of carboxylic acid groups (broad SMARTS) is 1. The van der Waals surface area contributed by atoms with Crippen LogP contribution < -0.4 is 5.32 Å². The van der Waals surface area contributed by atoms with Crippen LogP contribution in [0.25, 0.3) is 0 Å². The molecule has 1 rings (SSSR count). The summed E-state index contributed by atoms with van der Waals surface area (Å²) in [4.78, 5) is 10.1. The number of carbonyl (C=O) groups is 1. The Kier molecular flexibility index (Phi) is 4.17.